The lowest BCUT2D eigenvalue weighted by Crippen LogP contribution is -2.37. The van der Waals surface area contributed by atoms with Crippen LogP contribution in [0.2, 0.25) is 0 Å². The van der Waals surface area contributed by atoms with Crippen LogP contribution in [0.5, 0.6) is 0 Å². The van der Waals surface area contributed by atoms with E-state index in [0.717, 1.165) is 0 Å². The SMILES string of the molecule is COC(CNC(=O)c1ccc(NC(=O)NC(C)C)cc1)C(=O)O. The van der Waals surface area contributed by atoms with Crippen LogP contribution >= 0.6 is 0 Å². The molecule has 23 heavy (non-hydrogen) atoms. The third-order valence-electron chi connectivity index (χ3n) is 2.83. The molecule has 0 spiro atoms. The molecule has 8 nitrogen and oxygen atoms in total. The molecule has 0 saturated heterocycles. The van der Waals surface area contributed by atoms with Gasteiger partial charge in [0.15, 0.2) is 6.10 Å². The molecule has 0 aliphatic carbocycles. The highest BCUT2D eigenvalue weighted by molar-refractivity contribution is 5.95. The molecule has 0 bridgehead atoms. The van der Waals surface area contributed by atoms with Crippen molar-refractivity contribution in [1.29, 1.82) is 0 Å². The second-order valence-electron chi connectivity index (χ2n) is 5.10. The summed E-state index contributed by atoms with van der Waals surface area (Å²) in [5.41, 5.74) is 0.889. The first kappa shape index (κ1) is 18.4. The minimum atomic E-state index is -1.15. The Hall–Kier alpha value is -2.61. The first-order valence-electron chi connectivity index (χ1n) is 7.05. The van der Waals surface area contributed by atoms with Gasteiger partial charge in [-0.2, -0.15) is 0 Å². The highest BCUT2D eigenvalue weighted by atomic mass is 16.5. The number of ether oxygens (including phenoxy) is 1. The minimum Gasteiger partial charge on any atom is -0.479 e. The fourth-order valence-corrected chi connectivity index (χ4v) is 1.69. The van der Waals surface area contributed by atoms with Crippen LogP contribution in [0, 0.1) is 0 Å². The predicted octanol–water partition coefficient (Wildman–Crippen LogP) is 1.05. The molecule has 0 fully saturated rings. The van der Waals surface area contributed by atoms with Crippen molar-refractivity contribution >= 4 is 23.6 Å². The van der Waals surface area contributed by atoms with Gasteiger partial charge in [-0.05, 0) is 38.1 Å². The maximum Gasteiger partial charge on any atom is 0.334 e. The van der Waals surface area contributed by atoms with E-state index in [0.29, 0.717) is 11.3 Å². The molecule has 126 valence electrons. The normalized spacial score (nSPS) is 11.7. The molecule has 1 unspecified atom stereocenters. The summed E-state index contributed by atoms with van der Waals surface area (Å²) >= 11 is 0. The van der Waals surface area contributed by atoms with Crippen LogP contribution in [0.4, 0.5) is 10.5 Å². The number of methoxy groups -OCH3 is 1. The lowest BCUT2D eigenvalue weighted by molar-refractivity contribution is -0.148. The summed E-state index contributed by atoms with van der Waals surface area (Å²) in [5, 5.41) is 16.6. The number of anilines is 1. The molecule has 4 N–H and O–H groups in total. The van der Waals surface area contributed by atoms with Crippen molar-refractivity contribution in [3.8, 4) is 0 Å². The van der Waals surface area contributed by atoms with Crippen LogP contribution in [-0.4, -0.2) is 48.8 Å². The third kappa shape index (κ3) is 6.35. The van der Waals surface area contributed by atoms with E-state index in [9.17, 15) is 14.4 Å². The summed E-state index contributed by atoms with van der Waals surface area (Å²) in [6, 6.07) is 5.91. The van der Waals surface area contributed by atoms with Crippen molar-refractivity contribution in [3.63, 3.8) is 0 Å². The van der Waals surface area contributed by atoms with Gasteiger partial charge in [0.05, 0.1) is 6.54 Å². The molecule has 1 atom stereocenters. The van der Waals surface area contributed by atoms with Crippen molar-refractivity contribution in [2.75, 3.05) is 19.0 Å². The van der Waals surface area contributed by atoms with Gasteiger partial charge in [0.25, 0.3) is 5.91 Å². The number of benzene rings is 1. The second kappa shape index (κ2) is 8.74. The van der Waals surface area contributed by atoms with Gasteiger partial charge in [0, 0.05) is 24.4 Å². The topological polar surface area (TPSA) is 117 Å². The molecule has 1 aromatic carbocycles. The number of carbonyl (C=O) groups is 3. The Bertz CT molecular complexity index is 557. The fraction of sp³-hybridized carbons (Fsp3) is 0.400. The number of aliphatic carboxylic acids is 1. The molecule has 1 aromatic rings. The van der Waals surface area contributed by atoms with Crippen LogP contribution in [0.25, 0.3) is 0 Å². The van der Waals surface area contributed by atoms with Crippen molar-refractivity contribution in [1.82, 2.24) is 10.6 Å². The molecule has 0 heterocycles. The molecule has 0 radical (unpaired) electrons. The van der Waals surface area contributed by atoms with Gasteiger partial charge >= 0.3 is 12.0 Å². The smallest absolute Gasteiger partial charge is 0.334 e. The quantitative estimate of drug-likeness (QED) is 0.598. The van der Waals surface area contributed by atoms with E-state index in [1.807, 2.05) is 13.8 Å². The van der Waals surface area contributed by atoms with E-state index in [1.54, 1.807) is 12.1 Å². The van der Waals surface area contributed by atoms with Gasteiger partial charge in [-0.1, -0.05) is 0 Å². The predicted molar refractivity (Wildman–Crippen MR) is 84.5 cm³/mol. The van der Waals surface area contributed by atoms with Crippen molar-refractivity contribution in [2.45, 2.75) is 26.0 Å². The summed E-state index contributed by atoms with van der Waals surface area (Å²) < 4.78 is 4.72. The van der Waals surface area contributed by atoms with Gasteiger partial charge < -0.3 is 25.8 Å². The number of amides is 3. The highest BCUT2D eigenvalue weighted by Gasteiger charge is 2.17. The average molecular weight is 323 g/mol. The van der Waals surface area contributed by atoms with Crippen LogP contribution in [-0.2, 0) is 9.53 Å². The summed E-state index contributed by atoms with van der Waals surface area (Å²) in [7, 11) is 1.26. The number of rotatable bonds is 7. The maximum absolute atomic E-state index is 11.9. The number of hydrogen-bond donors (Lipinski definition) is 4. The standard InChI is InChI=1S/C15H21N3O5/c1-9(2)17-15(22)18-11-6-4-10(5-7-11)13(19)16-8-12(23-3)14(20)21/h4-7,9,12H,8H2,1-3H3,(H,16,19)(H,20,21)(H2,17,18,22). The van der Waals surface area contributed by atoms with E-state index >= 15 is 0 Å². The third-order valence-corrected chi connectivity index (χ3v) is 2.83. The Morgan fingerprint density at radius 3 is 2.26 bits per heavy atom. The molecule has 0 aliphatic heterocycles. The zero-order valence-electron chi connectivity index (χ0n) is 13.3. The lowest BCUT2D eigenvalue weighted by Gasteiger charge is -2.12. The molecular weight excluding hydrogens is 302 g/mol. The van der Waals surface area contributed by atoms with Crippen molar-refractivity contribution in [2.24, 2.45) is 0 Å². The molecule has 0 saturated carbocycles. The Morgan fingerprint density at radius 1 is 1.17 bits per heavy atom. The van der Waals surface area contributed by atoms with E-state index in [2.05, 4.69) is 16.0 Å². The zero-order chi connectivity index (χ0) is 17.4. The largest absolute Gasteiger partial charge is 0.479 e. The fourth-order valence-electron chi connectivity index (χ4n) is 1.69. The van der Waals surface area contributed by atoms with Crippen LogP contribution < -0.4 is 16.0 Å². The van der Waals surface area contributed by atoms with E-state index in [-0.39, 0.29) is 18.6 Å². The Balaban J connectivity index is 2.57. The summed E-state index contributed by atoms with van der Waals surface area (Å²) in [6.45, 7) is 3.55. The monoisotopic (exact) mass is 323 g/mol. The first-order chi connectivity index (χ1) is 10.8. The molecular formula is C15H21N3O5. The molecule has 1 rings (SSSR count). The zero-order valence-corrected chi connectivity index (χ0v) is 13.3. The number of carboxylic acids is 1. The number of urea groups is 1. The molecule has 0 aliphatic rings. The van der Waals surface area contributed by atoms with Gasteiger partial charge in [0.2, 0.25) is 0 Å². The maximum atomic E-state index is 11.9. The number of carbonyl (C=O) groups excluding carboxylic acids is 2. The lowest BCUT2D eigenvalue weighted by atomic mass is 10.2. The van der Waals surface area contributed by atoms with Crippen molar-refractivity contribution < 1.29 is 24.2 Å². The Morgan fingerprint density at radius 2 is 1.78 bits per heavy atom. The Kier molecular flexibility index (Phi) is 7.01. The van der Waals surface area contributed by atoms with Gasteiger partial charge in [-0.25, -0.2) is 9.59 Å². The van der Waals surface area contributed by atoms with Crippen LogP contribution in [0.15, 0.2) is 24.3 Å². The summed E-state index contributed by atoms with van der Waals surface area (Å²) in [5.74, 6) is -1.57. The average Bonchev–Trinajstić information content (AvgIpc) is 2.47. The van der Waals surface area contributed by atoms with Crippen LogP contribution in [0.3, 0.4) is 0 Å². The van der Waals surface area contributed by atoms with Crippen molar-refractivity contribution in [3.05, 3.63) is 29.8 Å². The van der Waals surface area contributed by atoms with E-state index < -0.39 is 18.0 Å². The van der Waals surface area contributed by atoms with E-state index in [4.69, 9.17) is 9.84 Å². The van der Waals surface area contributed by atoms with Gasteiger partial charge in [-0.15, -0.1) is 0 Å². The van der Waals surface area contributed by atoms with Gasteiger partial charge in [0.1, 0.15) is 0 Å². The summed E-state index contributed by atoms with van der Waals surface area (Å²) in [6.07, 6.45) is -1.10. The molecule has 8 heteroatoms. The number of nitrogens with one attached hydrogen (secondary N) is 3. The Labute approximate surface area is 134 Å². The van der Waals surface area contributed by atoms with Gasteiger partial charge in [-0.3, -0.25) is 4.79 Å². The highest BCUT2D eigenvalue weighted by Crippen LogP contribution is 2.09. The second-order valence-corrected chi connectivity index (χ2v) is 5.10. The first-order valence-corrected chi connectivity index (χ1v) is 7.05. The summed E-state index contributed by atoms with van der Waals surface area (Å²) in [4.78, 5) is 34.2. The molecule has 0 aromatic heterocycles. The van der Waals surface area contributed by atoms with E-state index in [1.165, 1.54) is 19.2 Å². The van der Waals surface area contributed by atoms with Crippen LogP contribution in [0.1, 0.15) is 24.2 Å². The number of carboxylic acid groups (broad SMARTS) is 1. The molecule has 3 amide bonds. The number of hydrogen-bond acceptors (Lipinski definition) is 4. The minimum absolute atomic E-state index is 0.0167.